The Hall–Kier alpha value is -2.72. The van der Waals surface area contributed by atoms with E-state index in [1.165, 1.54) is 0 Å². The number of nitrogens with one attached hydrogen (secondary N) is 1. The highest BCUT2D eigenvalue weighted by atomic mass is 32.2. The monoisotopic (exact) mass is 404 g/mol. The number of hydrogen-bond acceptors (Lipinski definition) is 8. The van der Waals surface area contributed by atoms with E-state index in [-0.39, 0.29) is 11.3 Å². The molecule has 1 saturated heterocycles. The molecule has 0 bridgehead atoms. The van der Waals surface area contributed by atoms with Crippen molar-refractivity contribution in [2.45, 2.75) is 12.3 Å². The maximum atomic E-state index is 12.4. The number of aromatic nitrogens is 2. The highest BCUT2D eigenvalue weighted by Gasteiger charge is 2.34. The smallest absolute Gasteiger partial charge is 0.252 e. The molecule has 0 radical (unpaired) electrons. The van der Waals surface area contributed by atoms with E-state index < -0.39 is 0 Å². The van der Waals surface area contributed by atoms with Crippen LogP contribution in [0.5, 0.6) is 5.75 Å². The minimum atomic E-state index is -0.108. The number of ether oxygens (including phenoxy) is 1. The number of methoxy groups -OCH3 is 1. The van der Waals surface area contributed by atoms with Gasteiger partial charge >= 0.3 is 0 Å². The Bertz CT molecular complexity index is 973. The Kier molecular flexibility index (Phi) is 4.66. The van der Waals surface area contributed by atoms with E-state index in [9.17, 15) is 10.0 Å². The first kappa shape index (κ1) is 17.7. The van der Waals surface area contributed by atoms with Crippen molar-refractivity contribution in [1.82, 2.24) is 10.2 Å². The zero-order valence-electron chi connectivity index (χ0n) is 14.5. The molecule has 4 rings (SSSR count). The van der Waals surface area contributed by atoms with Crippen molar-refractivity contribution in [3.8, 4) is 17.0 Å². The van der Waals surface area contributed by atoms with Gasteiger partial charge in [0, 0.05) is 22.5 Å². The van der Waals surface area contributed by atoms with Gasteiger partial charge in [0.05, 0.1) is 18.6 Å². The van der Waals surface area contributed by atoms with Gasteiger partial charge in [0.2, 0.25) is 5.69 Å². The minimum Gasteiger partial charge on any atom is -0.495 e. The first-order valence-corrected chi connectivity index (χ1v) is 10.00. The Balaban J connectivity index is 1.69. The lowest BCUT2D eigenvalue weighted by Crippen LogP contribution is -2.33. The van der Waals surface area contributed by atoms with Gasteiger partial charge in [-0.2, -0.15) is 0 Å². The molecule has 0 aliphatic carbocycles. The Morgan fingerprint density at radius 3 is 2.96 bits per heavy atom. The number of carbonyl (C=O) groups excluding carboxylic acids is 1. The molecule has 1 unspecified atom stereocenters. The summed E-state index contributed by atoms with van der Waals surface area (Å²) in [5.41, 5.74) is 5.27. The average molecular weight is 404 g/mol. The van der Waals surface area contributed by atoms with Crippen LogP contribution in [0.25, 0.3) is 11.3 Å². The molecule has 2 aromatic heterocycles. The number of rotatable bonds is 5. The largest absolute Gasteiger partial charge is 0.495 e. The summed E-state index contributed by atoms with van der Waals surface area (Å²) in [6, 6.07) is 9.30. The van der Waals surface area contributed by atoms with Gasteiger partial charge in [0.1, 0.15) is 11.1 Å². The lowest BCUT2D eigenvalue weighted by Gasteiger charge is -2.25. The normalized spacial score (nSPS) is 16.7. The first-order valence-electron chi connectivity index (χ1n) is 8.07. The number of nitrogens with zero attached hydrogens (tertiary/aromatic N) is 3. The van der Waals surface area contributed by atoms with Gasteiger partial charge in [-0.25, -0.2) is 5.01 Å². The zero-order valence-corrected chi connectivity index (χ0v) is 16.2. The first-order chi connectivity index (χ1) is 13.1. The molecule has 3 heterocycles. The second-order valence-electron chi connectivity index (χ2n) is 5.83. The summed E-state index contributed by atoms with van der Waals surface area (Å²) in [6.45, 7) is 1.63. The van der Waals surface area contributed by atoms with E-state index in [1.54, 1.807) is 60.3 Å². The highest BCUT2D eigenvalue weighted by molar-refractivity contribution is 8.00. The van der Waals surface area contributed by atoms with E-state index in [0.29, 0.717) is 39.0 Å². The number of amides is 1. The van der Waals surface area contributed by atoms with Crippen LogP contribution in [0, 0.1) is 12.1 Å². The van der Waals surface area contributed by atoms with Crippen LogP contribution in [0.1, 0.15) is 15.9 Å². The van der Waals surface area contributed by atoms with Crippen molar-refractivity contribution < 1.29 is 19.1 Å². The van der Waals surface area contributed by atoms with Crippen LogP contribution in [0.4, 0.5) is 5.69 Å². The van der Waals surface area contributed by atoms with Gasteiger partial charge in [-0.05, 0) is 34.5 Å². The fraction of sp³-hybridized carbons (Fsp3) is 0.235. The van der Waals surface area contributed by atoms with Gasteiger partial charge in [-0.3, -0.25) is 14.8 Å². The lowest BCUT2D eigenvalue weighted by molar-refractivity contribution is -0.806. The SMILES string of the molecule is COc1ccc(-c2no[n+]([O-])c2C)cc1NN1C(=O)CSC1c1cccs1. The number of hydrogen-bond donors (Lipinski definition) is 1. The predicted molar refractivity (Wildman–Crippen MR) is 102 cm³/mol. The molecule has 0 spiro atoms. The summed E-state index contributed by atoms with van der Waals surface area (Å²) in [5, 5.41) is 18.8. The van der Waals surface area contributed by atoms with Crippen molar-refractivity contribution >= 4 is 34.7 Å². The summed E-state index contributed by atoms with van der Waals surface area (Å²) < 4.78 is 10.1. The molecular formula is C17H16N4O4S2. The number of benzene rings is 1. The predicted octanol–water partition coefficient (Wildman–Crippen LogP) is 2.95. The van der Waals surface area contributed by atoms with Crippen LogP contribution in [0.15, 0.2) is 40.3 Å². The Morgan fingerprint density at radius 1 is 1.44 bits per heavy atom. The third kappa shape index (κ3) is 3.21. The van der Waals surface area contributed by atoms with Crippen molar-refractivity contribution in [2.24, 2.45) is 0 Å². The summed E-state index contributed by atoms with van der Waals surface area (Å²) in [4.78, 5) is 13.9. The van der Waals surface area contributed by atoms with Crippen LogP contribution in [-0.4, -0.2) is 28.9 Å². The molecule has 3 aromatic rings. The summed E-state index contributed by atoms with van der Waals surface area (Å²) in [5.74, 6) is 0.960. The number of anilines is 1. The summed E-state index contributed by atoms with van der Waals surface area (Å²) in [6.07, 6.45) is 0. The number of hydrazine groups is 1. The molecule has 0 saturated carbocycles. The molecule has 1 N–H and O–H groups in total. The molecular weight excluding hydrogens is 388 g/mol. The van der Waals surface area contributed by atoms with E-state index in [2.05, 4.69) is 15.2 Å². The fourth-order valence-corrected chi connectivity index (χ4v) is 4.88. The second kappa shape index (κ2) is 7.12. The van der Waals surface area contributed by atoms with E-state index in [4.69, 9.17) is 4.74 Å². The third-order valence-electron chi connectivity index (χ3n) is 4.19. The quantitative estimate of drug-likeness (QED) is 0.653. The van der Waals surface area contributed by atoms with Crippen molar-refractivity contribution in [2.75, 3.05) is 18.3 Å². The number of thiophene rings is 1. The molecule has 1 aliphatic heterocycles. The van der Waals surface area contributed by atoms with Crippen molar-refractivity contribution in [3.05, 3.63) is 51.5 Å². The summed E-state index contributed by atoms with van der Waals surface area (Å²) >= 11 is 3.17. The molecule has 1 aliphatic rings. The second-order valence-corrected chi connectivity index (χ2v) is 7.88. The molecule has 27 heavy (non-hydrogen) atoms. The molecule has 1 amide bonds. The van der Waals surface area contributed by atoms with Crippen LogP contribution in [0.3, 0.4) is 0 Å². The van der Waals surface area contributed by atoms with Gasteiger partial charge in [0.25, 0.3) is 11.6 Å². The third-order valence-corrected chi connectivity index (χ3v) is 6.46. The number of thioether (sulfide) groups is 1. The van der Waals surface area contributed by atoms with Crippen molar-refractivity contribution in [1.29, 1.82) is 0 Å². The fourth-order valence-electron chi connectivity index (χ4n) is 2.81. The van der Waals surface area contributed by atoms with E-state index in [1.807, 2.05) is 17.5 Å². The van der Waals surface area contributed by atoms with Crippen LogP contribution >= 0.6 is 23.1 Å². The van der Waals surface area contributed by atoms with Crippen LogP contribution in [-0.2, 0) is 4.79 Å². The zero-order chi connectivity index (χ0) is 19.0. The van der Waals surface area contributed by atoms with E-state index in [0.717, 1.165) is 4.88 Å². The molecule has 10 heteroatoms. The molecule has 140 valence electrons. The van der Waals surface area contributed by atoms with Gasteiger partial charge in [0.15, 0.2) is 0 Å². The topological polar surface area (TPSA) is 94.5 Å². The van der Waals surface area contributed by atoms with Crippen molar-refractivity contribution in [3.63, 3.8) is 0 Å². The molecule has 8 nitrogen and oxygen atoms in total. The molecule has 1 fully saturated rings. The minimum absolute atomic E-state index is 0.0131. The van der Waals surface area contributed by atoms with Crippen LogP contribution in [0.2, 0.25) is 0 Å². The highest BCUT2D eigenvalue weighted by Crippen LogP contribution is 2.42. The molecule has 1 atom stereocenters. The van der Waals surface area contributed by atoms with Gasteiger partial charge in [-0.1, -0.05) is 6.07 Å². The lowest BCUT2D eigenvalue weighted by atomic mass is 10.1. The van der Waals surface area contributed by atoms with Gasteiger partial charge < -0.3 is 9.94 Å². The Morgan fingerprint density at radius 2 is 2.30 bits per heavy atom. The maximum absolute atomic E-state index is 12.4. The maximum Gasteiger partial charge on any atom is 0.252 e. The molecule has 1 aromatic carbocycles. The van der Waals surface area contributed by atoms with E-state index >= 15 is 0 Å². The summed E-state index contributed by atoms with van der Waals surface area (Å²) in [7, 11) is 1.56. The van der Waals surface area contributed by atoms with Crippen LogP contribution < -0.4 is 15.1 Å². The standard InChI is InChI=1S/C17H16N4O4S2/c1-10-16(19-25-21(10)23)11-5-6-13(24-2)12(8-11)18-20-15(22)9-27-17(20)14-4-3-7-26-14/h3-8,17-18H,9H2,1-2H3. The Labute approximate surface area is 163 Å². The number of carbonyl (C=O) groups is 1. The van der Waals surface area contributed by atoms with Gasteiger partial charge in [-0.15, -0.1) is 23.1 Å². The average Bonchev–Trinajstić information content (AvgIpc) is 3.39.